The van der Waals surface area contributed by atoms with Gasteiger partial charge in [0, 0.05) is 22.0 Å². The first kappa shape index (κ1) is 14.3. The van der Waals surface area contributed by atoms with Crippen molar-refractivity contribution in [2.75, 3.05) is 10.6 Å². The molecule has 2 aromatic carbocycles. The number of nitrogens with one attached hydrogen (secondary N) is 2. The van der Waals surface area contributed by atoms with E-state index in [1.807, 2.05) is 0 Å². The van der Waals surface area contributed by atoms with Crippen LogP contribution in [0.25, 0.3) is 0 Å². The molecule has 0 fully saturated rings. The highest BCUT2D eigenvalue weighted by molar-refractivity contribution is 6.31. The van der Waals surface area contributed by atoms with Gasteiger partial charge in [-0.25, -0.2) is 9.18 Å². The number of carbonyl (C=O) groups excluding carboxylic acids is 1. The van der Waals surface area contributed by atoms with Gasteiger partial charge in [0.1, 0.15) is 5.82 Å². The highest BCUT2D eigenvalue weighted by atomic mass is 35.5. The van der Waals surface area contributed by atoms with Crippen LogP contribution in [0, 0.1) is 5.82 Å². The summed E-state index contributed by atoms with van der Waals surface area (Å²) in [6.45, 7) is -0.296. The Bertz CT molecular complexity index is 634. The molecule has 2 amide bonds. The molecule has 3 N–H and O–H groups in total. The molecule has 0 radical (unpaired) electrons. The van der Waals surface area contributed by atoms with Gasteiger partial charge in [0.2, 0.25) is 0 Å². The Morgan fingerprint density at radius 1 is 1.20 bits per heavy atom. The normalized spacial score (nSPS) is 10.2. The number of aliphatic hydroxyl groups excluding tert-OH is 1. The largest absolute Gasteiger partial charge is 0.392 e. The van der Waals surface area contributed by atoms with Gasteiger partial charge in [-0.1, -0.05) is 23.7 Å². The van der Waals surface area contributed by atoms with Gasteiger partial charge in [0.15, 0.2) is 0 Å². The van der Waals surface area contributed by atoms with Gasteiger partial charge in [0.25, 0.3) is 0 Å². The summed E-state index contributed by atoms with van der Waals surface area (Å²) in [5, 5.41) is 14.6. The second-order valence-corrected chi connectivity index (χ2v) is 4.42. The van der Waals surface area contributed by atoms with E-state index in [0.717, 1.165) is 0 Å². The Balaban J connectivity index is 2.11. The Labute approximate surface area is 120 Å². The molecule has 0 atom stereocenters. The van der Waals surface area contributed by atoms with Crippen molar-refractivity contribution >= 4 is 29.0 Å². The van der Waals surface area contributed by atoms with Crippen LogP contribution < -0.4 is 10.6 Å². The Morgan fingerprint density at radius 2 is 1.95 bits per heavy atom. The average Bonchev–Trinajstić information content (AvgIpc) is 2.38. The average molecular weight is 295 g/mol. The third-order valence-corrected chi connectivity index (χ3v) is 2.96. The summed E-state index contributed by atoms with van der Waals surface area (Å²) in [5.74, 6) is -0.443. The zero-order valence-corrected chi connectivity index (χ0v) is 11.1. The van der Waals surface area contributed by atoms with Crippen molar-refractivity contribution in [2.24, 2.45) is 0 Å². The maximum atomic E-state index is 13.0. The van der Waals surface area contributed by atoms with Crippen molar-refractivity contribution in [1.82, 2.24) is 0 Å². The maximum absolute atomic E-state index is 13.0. The number of urea groups is 1. The van der Waals surface area contributed by atoms with Crippen LogP contribution >= 0.6 is 11.6 Å². The van der Waals surface area contributed by atoms with Crippen LogP contribution in [0.3, 0.4) is 0 Å². The summed E-state index contributed by atoms with van der Waals surface area (Å²) >= 11 is 5.91. The number of aliphatic hydroxyl groups is 1. The molecule has 0 saturated heterocycles. The molecule has 0 saturated carbocycles. The summed E-state index contributed by atoms with van der Waals surface area (Å²) < 4.78 is 13.0. The van der Waals surface area contributed by atoms with Crippen molar-refractivity contribution in [1.29, 1.82) is 0 Å². The second-order valence-electron chi connectivity index (χ2n) is 4.01. The van der Waals surface area contributed by atoms with Gasteiger partial charge in [-0.05, 0) is 30.3 Å². The number of halogens is 2. The Hall–Kier alpha value is -2.11. The fourth-order valence-electron chi connectivity index (χ4n) is 1.69. The van der Waals surface area contributed by atoms with E-state index in [-0.39, 0.29) is 6.61 Å². The fourth-order valence-corrected chi connectivity index (χ4v) is 1.92. The van der Waals surface area contributed by atoms with Crippen LogP contribution in [0.5, 0.6) is 0 Å². The molecule has 0 aliphatic rings. The van der Waals surface area contributed by atoms with Crippen molar-refractivity contribution in [3.8, 4) is 0 Å². The third kappa shape index (κ3) is 3.46. The molecule has 20 heavy (non-hydrogen) atoms. The van der Waals surface area contributed by atoms with Crippen LogP contribution in [0.4, 0.5) is 20.6 Å². The maximum Gasteiger partial charge on any atom is 0.323 e. The highest BCUT2D eigenvalue weighted by Gasteiger charge is 2.09. The summed E-state index contributed by atoms with van der Waals surface area (Å²) in [6.07, 6.45) is 0. The lowest BCUT2D eigenvalue weighted by atomic mass is 10.2. The molecule has 0 bridgehead atoms. The molecule has 0 aliphatic carbocycles. The van der Waals surface area contributed by atoms with E-state index in [9.17, 15) is 14.3 Å². The minimum absolute atomic E-state index is 0.296. The quantitative estimate of drug-likeness (QED) is 0.810. The van der Waals surface area contributed by atoms with Crippen molar-refractivity contribution in [3.05, 3.63) is 58.9 Å². The summed E-state index contributed by atoms with van der Waals surface area (Å²) in [6, 6.07) is 9.86. The minimum atomic E-state index is -0.549. The molecule has 2 aromatic rings. The second kappa shape index (κ2) is 6.36. The van der Waals surface area contributed by atoms with Crippen molar-refractivity contribution < 1.29 is 14.3 Å². The van der Waals surface area contributed by atoms with Crippen LogP contribution in [0.1, 0.15) is 5.56 Å². The molecule has 0 heterocycles. The van der Waals surface area contributed by atoms with E-state index >= 15 is 0 Å². The van der Waals surface area contributed by atoms with E-state index in [2.05, 4.69) is 10.6 Å². The van der Waals surface area contributed by atoms with E-state index in [1.54, 1.807) is 24.3 Å². The summed E-state index contributed by atoms with van der Waals surface area (Å²) in [7, 11) is 0. The van der Waals surface area contributed by atoms with Gasteiger partial charge in [-0.2, -0.15) is 0 Å². The molecule has 0 unspecified atom stereocenters. The van der Waals surface area contributed by atoms with Gasteiger partial charge in [0.05, 0.1) is 6.61 Å². The Kier molecular flexibility index (Phi) is 4.55. The first-order valence-corrected chi connectivity index (χ1v) is 6.20. The lowest BCUT2D eigenvalue weighted by Crippen LogP contribution is -2.20. The lowest BCUT2D eigenvalue weighted by molar-refractivity contribution is 0.262. The molecule has 104 valence electrons. The van der Waals surface area contributed by atoms with Gasteiger partial charge >= 0.3 is 6.03 Å². The zero-order chi connectivity index (χ0) is 14.5. The van der Waals surface area contributed by atoms with Crippen LogP contribution in [0.2, 0.25) is 5.02 Å². The fraction of sp³-hybridized carbons (Fsp3) is 0.0714. The van der Waals surface area contributed by atoms with Crippen LogP contribution in [-0.4, -0.2) is 11.1 Å². The number of hydrogen-bond donors (Lipinski definition) is 3. The van der Waals surface area contributed by atoms with E-state index in [0.29, 0.717) is 22.0 Å². The SMILES string of the molecule is O=C(Nc1cccc(F)c1)Nc1cccc(Cl)c1CO. The lowest BCUT2D eigenvalue weighted by Gasteiger charge is -2.11. The number of rotatable bonds is 3. The number of hydrogen-bond acceptors (Lipinski definition) is 2. The van der Waals surface area contributed by atoms with Crippen molar-refractivity contribution in [2.45, 2.75) is 6.61 Å². The molecular weight excluding hydrogens is 283 g/mol. The molecule has 2 rings (SSSR count). The molecule has 6 heteroatoms. The van der Waals surface area contributed by atoms with Gasteiger partial charge in [-0.15, -0.1) is 0 Å². The van der Waals surface area contributed by atoms with E-state index in [1.165, 1.54) is 18.2 Å². The summed E-state index contributed by atoms with van der Waals surface area (Å²) in [5.41, 5.74) is 1.15. The summed E-state index contributed by atoms with van der Waals surface area (Å²) in [4.78, 5) is 11.8. The highest BCUT2D eigenvalue weighted by Crippen LogP contribution is 2.24. The standard InChI is InChI=1S/C14H12ClFN2O2/c15-12-5-2-6-13(11(12)8-19)18-14(20)17-10-4-1-3-9(16)7-10/h1-7,19H,8H2,(H2,17,18,20). The minimum Gasteiger partial charge on any atom is -0.392 e. The number of amides is 2. The smallest absolute Gasteiger partial charge is 0.323 e. The molecule has 0 spiro atoms. The van der Waals surface area contributed by atoms with Crippen LogP contribution in [0.15, 0.2) is 42.5 Å². The number of benzene rings is 2. The van der Waals surface area contributed by atoms with E-state index < -0.39 is 11.8 Å². The van der Waals surface area contributed by atoms with E-state index in [4.69, 9.17) is 11.6 Å². The first-order valence-electron chi connectivity index (χ1n) is 5.82. The van der Waals surface area contributed by atoms with Crippen molar-refractivity contribution in [3.63, 3.8) is 0 Å². The predicted octanol–water partition coefficient (Wildman–Crippen LogP) is 3.62. The topological polar surface area (TPSA) is 61.4 Å². The molecule has 0 aromatic heterocycles. The van der Waals surface area contributed by atoms with Gasteiger partial charge in [-0.3, -0.25) is 0 Å². The monoisotopic (exact) mass is 294 g/mol. The van der Waals surface area contributed by atoms with Gasteiger partial charge < -0.3 is 15.7 Å². The molecule has 0 aliphatic heterocycles. The molecular formula is C14H12ClFN2O2. The molecule has 4 nitrogen and oxygen atoms in total. The number of carbonyl (C=O) groups is 1. The van der Waals surface area contributed by atoms with Crippen LogP contribution in [-0.2, 0) is 6.61 Å². The first-order chi connectivity index (χ1) is 9.60. The Morgan fingerprint density at radius 3 is 2.65 bits per heavy atom. The third-order valence-electron chi connectivity index (χ3n) is 2.61. The predicted molar refractivity (Wildman–Crippen MR) is 76.4 cm³/mol. The zero-order valence-electron chi connectivity index (χ0n) is 10.4. The number of anilines is 2.